The van der Waals surface area contributed by atoms with Crippen LogP contribution in [0.3, 0.4) is 0 Å². The van der Waals surface area contributed by atoms with Crippen molar-refractivity contribution in [3.8, 4) is 0 Å². The van der Waals surface area contributed by atoms with Crippen LogP contribution in [0.25, 0.3) is 0 Å². The van der Waals surface area contributed by atoms with Gasteiger partial charge in [-0.25, -0.2) is 0 Å². The van der Waals surface area contributed by atoms with Gasteiger partial charge >= 0.3 is 0 Å². The number of carbonyl (C=O) groups is 1. The Morgan fingerprint density at radius 3 is 2.93 bits per heavy atom. The predicted octanol–water partition coefficient (Wildman–Crippen LogP) is 1.61. The van der Waals surface area contributed by atoms with Crippen molar-refractivity contribution in [3.63, 3.8) is 0 Å². The van der Waals surface area contributed by atoms with Crippen molar-refractivity contribution in [2.24, 2.45) is 0 Å². The number of amides is 1. The maximum Gasteiger partial charge on any atom is 0.224 e. The van der Waals surface area contributed by atoms with Crippen molar-refractivity contribution < 1.29 is 9.53 Å². The zero-order chi connectivity index (χ0) is 10.8. The molecule has 0 aromatic heterocycles. The third-order valence-electron chi connectivity index (χ3n) is 2.77. The summed E-state index contributed by atoms with van der Waals surface area (Å²) in [5.74, 6) is 0.0852. The van der Waals surface area contributed by atoms with E-state index < -0.39 is 0 Å². The molecular weight excluding hydrogens is 190 g/mol. The molecule has 0 bridgehead atoms. The van der Waals surface area contributed by atoms with Gasteiger partial charge in [0.2, 0.25) is 5.91 Å². The molecule has 0 radical (unpaired) electrons. The van der Waals surface area contributed by atoms with Gasteiger partial charge in [0.15, 0.2) is 0 Å². The number of para-hydroxylation sites is 1. The number of fused-ring (bicyclic) bond motifs is 1. The molecule has 1 unspecified atom stereocenters. The predicted molar refractivity (Wildman–Crippen MR) is 59.0 cm³/mol. The van der Waals surface area contributed by atoms with Gasteiger partial charge in [0, 0.05) is 19.7 Å². The lowest BCUT2D eigenvalue weighted by molar-refractivity contribution is -0.117. The van der Waals surface area contributed by atoms with Crippen LogP contribution in [-0.2, 0) is 16.0 Å². The van der Waals surface area contributed by atoms with Crippen LogP contribution in [0.4, 0.5) is 5.69 Å². The molecule has 0 saturated carbocycles. The van der Waals surface area contributed by atoms with E-state index in [1.54, 1.807) is 14.0 Å². The lowest BCUT2D eigenvalue weighted by atomic mass is 10.1. The van der Waals surface area contributed by atoms with E-state index in [9.17, 15) is 4.79 Å². The average Bonchev–Trinajstić information content (AvgIpc) is 2.56. The van der Waals surface area contributed by atoms with Gasteiger partial charge in [-0.15, -0.1) is 0 Å². The highest BCUT2D eigenvalue weighted by atomic mass is 16.5. The minimum absolute atomic E-state index is 0.0852. The summed E-state index contributed by atoms with van der Waals surface area (Å²) < 4.78 is 5.14. The Labute approximate surface area is 89.7 Å². The fourth-order valence-electron chi connectivity index (χ4n) is 2.21. The second-order valence-corrected chi connectivity index (χ2v) is 3.83. The van der Waals surface area contributed by atoms with Gasteiger partial charge in [-0.1, -0.05) is 18.2 Å². The van der Waals surface area contributed by atoms with E-state index in [1.165, 1.54) is 5.56 Å². The van der Waals surface area contributed by atoms with Gasteiger partial charge in [0.05, 0.1) is 12.6 Å². The molecule has 2 rings (SSSR count). The van der Waals surface area contributed by atoms with Gasteiger partial charge < -0.3 is 9.64 Å². The van der Waals surface area contributed by atoms with E-state index in [0.29, 0.717) is 6.61 Å². The summed E-state index contributed by atoms with van der Waals surface area (Å²) >= 11 is 0. The normalized spacial score (nSPS) is 19.1. The first-order valence-corrected chi connectivity index (χ1v) is 5.10. The lowest BCUT2D eigenvalue weighted by Crippen LogP contribution is -2.38. The Morgan fingerprint density at radius 1 is 1.53 bits per heavy atom. The number of anilines is 1. The molecule has 1 heterocycles. The largest absolute Gasteiger partial charge is 0.383 e. The fraction of sp³-hybridized carbons (Fsp3) is 0.417. The van der Waals surface area contributed by atoms with Crippen molar-refractivity contribution in [1.29, 1.82) is 0 Å². The number of rotatable bonds is 2. The third-order valence-corrected chi connectivity index (χ3v) is 2.77. The molecule has 1 aliphatic rings. The molecule has 15 heavy (non-hydrogen) atoms. The van der Waals surface area contributed by atoms with Crippen LogP contribution >= 0.6 is 0 Å². The molecule has 0 aliphatic carbocycles. The molecule has 0 spiro atoms. The van der Waals surface area contributed by atoms with E-state index >= 15 is 0 Å². The Hall–Kier alpha value is -1.35. The second-order valence-electron chi connectivity index (χ2n) is 3.83. The minimum Gasteiger partial charge on any atom is -0.383 e. The summed E-state index contributed by atoms with van der Waals surface area (Å²) in [5, 5.41) is 0. The van der Waals surface area contributed by atoms with E-state index in [0.717, 1.165) is 12.1 Å². The quantitative estimate of drug-likeness (QED) is 0.734. The fourth-order valence-corrected chi connectivity index (χ4v) is 2.21. The van der Waals surface area contributed by atoms with Crippen molar-refractivity contribution in [1.82, 2.24) is 0 Å². The molecule has 3 nitrogen and oxygen atoms in total. The van der Waals surface area contributed by atoms with Crippen molar-refractivity contribution in [2.75, 3.05) is 18.6 Å². The topological polar surface area (TPSA) is 29.5 Å². The number of benzene rings is 1. The van der Waals surface area contributed by atoms with E-state index in [-0.39, 0.29) is 11.9 Å². The summed E-state index contributed by atoms with van der Waals surface area (Å²) in [7, 11) is 1.67. The number of hydrogen-bond donors (Lipinski definition) is 0. The molecule has 1 aromatic rings. The Kier molecular flexibility index (Phi) is 2.73. The van der Waals surface area contributed by atoms with Crippen LogP contribution in [0.15, 0.2) is 24.3 Å². The first-order chi connectivity index (χ1) is 7.24. The van der Waals surface area contributed by atoms with Gasteiger partial charge in [-0.3, -0.25) is 4.79 Å². The summed E-state index contributed by atoms with van der Waals surface area (Å²) in [6.07, 6.45) is 0.892. The molecule has 80 valence electrons. The summed E-state index contributed by atoms with van der Waals surface area (Å²) in [6.45, 7) is 2.19. The minimum atomic E-state index is 0.0852. The summed E-state index contributed by atoms with van der Waals surface area (Å²) in [4.78, 5) is 13.4. The van der Waals surface area contributed by atoms with Crippen LogP contribution in [0, 0.1) is 0 Å². The Bertz CT molecular complexity index is 376. The van der Waals surface area contributed by atoms with Crippen LogP contribution in [0.1, 0.15) is 12.5 Å². The molecule has 3 heteroatoms. The van der Waals surface area contributed by atoms with Crippen molar-refractivity contribution >= 4 is 11.6 Å². The van der Waals surface area contributed by atoms with Crippen LogP contribution in [-0.4, -0.2) is 25.7 Å². The molecule has 0 N–H and O–H groups in total. The molecule has 1 atom stereocenters. The number of hydrogen-bond acceptors (Lipinski definition) is 2. The highest BCUT2D eigenvalue weighted by molar-refractivity contribution is 5.94. The molecule has 1 aliphatic heterocycles. The number of methoxy groups -OCH3 is 1. The first kappa shape index (κ1) is 10.2. The maximum absolute atomic E-state index is 11.6. The van der Waals surface area contributed by atoms with Crippen LogP contribution < -0.4 is 4.90 Å². The zero-order valence-corrected chi connectivity index (χ0v) is 9.06. The Morgan fingerprint density at radius 2 is 2.27 bits per heavy atom. The van der Waals surface area contributed by atoms with Crippen molar-refractivity contribution in [3.05, 3.63) is 29.8 Å². The summed E-state index contributed by atoms with van der Waals surface area (Å²) in [5.41, 5.74) is 2.27. The lowest BCUT2D eigenvalue weighted by Gasteiger charge is -2.23. The smallest absolute Gasteiger partial charge is 0.224 e. The van der Waals surface area contributed by atoms with Gasteiger partial charge in [0.1, 0.15) is 0 Å². The van der Waals surface area contributed by atoms with Gasteiger partial charge in [-0.2, -0.15) is 0 Å². The standard InChI is InChI=1S/C12H15NO2/c1-9(14)13-11(8-15-2)7-10-5-3-4-6-12(10)13/h3-6,11H,7-8H2,1-2H3. The zero-order valence-electron chi connectivity index (χ0n) is 9.06. The molecular formula is C12H15NO2. The van der Waals surface area contributed by atoms with Crippen molar-refractivity contribution in [2.45, 2.75) is 19.4 Å². The van der Waals surface area contributed by atoms with E-state index in [1.807, 2.05) is 23.1 Å². The highest BCUT2D eigenvalue weighted by Gasteiger charge is 2.31. The van der Waals surface area contributed by atoms with Crippen LogP contribution in [0.2, 0.25) is 0 Å². The number of nitrogens with zero attached hydrogens (tertiary/aromatic N) is 1. The summed E-state index contributed by atoms with van der Waals surface area (Å²) in [6, 6.07) is 8.19. The first-order valence-electron chi connectivity index (χ1n) is 5.10. The SMILES string of the molecule is COCC1Cc2ccccc2N1C(C)=O. The molecule has 0 fully saturated rings. The Balaban J connectivity index is 2.33. The molecule has 1 amide bonds. The second kappa shape index (κ2) is 4.03. The molecule has 0 saturated heterocycles. The molecule has 1 aromatic carbocycles. The van der Waals surface area contributed by atoms with E-state index in [2.05, 4.69) is 6.07 Å². The van der Waals surface area contributed by atoms with Gasteiger partial charge in [-0.05, 0) is 18.1 Å². The monoisotopic (exact) mass is 205 g/mol. The van der Waals surface area contributed by atoms with Crippen LogP contribution in [0.5, 0.6) is 0 Å². The third kappa shape index (κ3) is 1.75. The average molecular weight is 205 g/mol. The number of carbonyl (C=O) groups excluding carboxylic acids is 1. The highest BCUT2D eigenvalue weighted by Crippen LogP contribution is 2.31. The van der Waals surface area contributed by atoms with Gasteiger partial charge in [0.25, 0.3) is 0 Å². The number of ether oxygens (including phenoxy) is 1. The van der Waals surface area contributed by atoms with E-state index in [4.69, 9.17) is 4.74 Å². The maximum atomic E-state index is 11.6.